The monoisotopic (exact) mass is 350 g/mol. The molecule has 0 amide bonds. The predicted octanol–water partition coefficient (Wildman–Crippen LogP) is 4.94. The average molecular weight is 351 g/mol. The van der Waals surface area contributed by atoms with Gasteiger partial charge in [0, 0.05) is 13.0 Å². The van der Waals surface area contributed by atoms with Gasteiger partial charge in [0.15, 0.2) is 6.29 Å². The number of aliphatic hydroxyl groups excluding tert-OH is 1. The van der Waals surface area contributed by atoms with E-state index in [1.165, 1.54) is 37.7 Å². The van der Waals surface area contributed by atoms with Crippen molar-refractivity contribution in [2.45, 2.75) is 78.9 Å². The predicted molar refractivity (Wildman–Crippen MR) is 101 cm³/mol. The molecule has 1 aliphatic heterocycles. The highest BCUT2D eigenvalue weighted by Crippen LogP contribution is 2.62. The minimum Gasteiger partial charge on any atom is -0.392 e. The van der Waals surface area contributed by atoms with Crippen molar-refractivity contribution in [3.05, 3.63) is 11.6 Å². The Labute approximate surface area is 154 Å². The van der Waals surface area contributed by atoms with Crippen LogP contribution in [-0.2, 0) is 9.47 Å². The fourth-order valence-corrected chi connectivity index (χ4v) is 6.12. The Bertz CT molecular complexity index is 488. The zero-order chi connectivity index (χ0) is 18.1. The molecular weight excluding hydrogens is 312 g/mol. The van der Waals surface area contributed by atoms with Crippen molar-refractivity contribution in [3.63, 3.8) is 0 Å². The first-order valence-electron chi connectivity index (χ1n) is 10.5. The molecule has 0 spiro atoms. The maximum Gasteiger partial charge on any atom is 0.157 e. The largest absolute Gasteiger partial charge is 0.392 e. The Morgan fingerprint density at radius 2 is 2.12 bits per heavy atom. The van der Waals surface area contributed by atoms with Gasteiger partial charge in [-0.15, -0.1) is 0 Å². The molecule has 3 rings (SSSR count). The summed E-state index contributed by atoms with van der Waals surface area (Å²) in [5.74, 6) is 2.10. The van der Waals surface area contributed by atoms with Gasteiger partial charge in [0.05, 0.1) is 13.2 Å². The molecule has 25 heavy (non-hydrogen) atoms. The number of allylic oxidation sites excluding steroid dienone is 1. The molecule has 2 aliphatic carbocycles. The number of aliphatic hydroxyl groups is 1. The SMILES string of the molecule is CCO[C@H]1C[C@@H](CC[C@@]2(C)[C@H](C)CC[C@@]3(C)C(CO)=CCC[C@H]23)CO1. The van der Waals surface area contributed by atoms with Crippen LogP contribution in [0.15, 0.2) is 11.6 Å². The van der Waals surface area contributed by atoms with Gasteiger partial charge in [0.1, 0.15) is 0 Å². The normalized spacial score (nSPS) is 44.4. The maximum absolute atomic E-state index is 9.91. The second-order valence-electron chi connectivity index (χ2n) is 9.24. The van der Waals surface area contributed by atoms with Crippen molar-refractivity contribution in [3.8, 4) is 0 Å². The van der Waals surface area contributed by atoms with E-state index in [4.69, 9.17) is 9.47 Å². The molecule has 0 aromatic carbocycles. The minimum atomic E-state index is 0.0236. The summed E-state index contributed by atoms with van der Waals surface area (Å²) in [5.41, 5.74) is 1.88. The lowest BCUT2D eigenvalue weighted by Crippen LogP contribution is -2.50. The molecule has 1 saturated carbocycles. The number of ether oxygens (including phenoxy) is 2. The van der Waals surface area contributed by atoms with Crippen LogP contribution in [0, 0.1) is 28.6 Å². The molecule has 0 bridgehead atoms. The molecule has 3 aliphatic rings. The van der Waals surface area contributed by atoms with Gasteiger partial charge in [-0.2, -0.15) is 0 Å². The van der Waals surface area contributed by atoms with E-state index in [0.29, 0.717) is 17.3 Å². The Hall–Kier alpha value is -0.380. The van der Waals surface area contributed by atoms with E-state index in [2.05, 4.69) is 26.8 Å². The molecule has 1 heterocycles. The first-order valence-corrected chi connectivity index (χ1v) is 10.5. The van der Waals surface area contributed by atoms with Gasteiger partial charge in [-0.05, 0) is 79.6 Å². The first kappa shape index (κ1) is 19.4. The lowest BCUT2D eigenvalue weighted by atomic mass is 9.46. The smallest absolute Gasteiger partial charge is 0.157 e. The fraction of sp³-hybridized carbons (Fsp3) is 0.909. The van der Waals surface area contributed by atoms with E-state index in [0.717, 1.165) is 32.0 Å². The fourth-order valence-electron chi connectivity index (χ4n) is 6.12. The number of hydrogen-bond acceptors (Lipinski definition) is 3. The average Bonchev–Trinajstić information content (AvgIpc) is 3.05. The van der Waals surface area contributed by atoms with Crippen LogP contribution in [0.4, 0.5) is 0 Å². The van der Waals surface area contributed by atoms with E-state index < -0.39 is 0 Å². The van der Waals surface area contributed by atoms with Crippen molar-refractivity contribution < 1.29 is 14.6 Å². The van der Waals surface area contributed by atoms with E-state index in [-0.39, 0.29) is 18.3 Å². The van der Waals surface area contributed by atoms with Gasteiger partial charge in [0.2, 0.25) is 0 Å². The Balaban J connectivity index is 1.69. The van der Waals surface area contributed by atoms with Crippen LogP contribution in [0.3, 0.4) is 0 Å². The zero-order valence-corrected chi connectivity index (χ0v) is 16.7. The Kier molecular flexibility index (Phi) is 5.97. The number of rotatable bonds is 6. The standard InChI is InChI=1S/C22H38O3/c1-5-24-20-13-17(15-25-20)10-12-21(3)16(2)9-11-22(4)18(14-23)7-6-8-19(21)22/h7,16-17,19-20,23H,5-6,8-15H2,1-4H3/t16-,17-,19-,20-,21+,22+/m1/s1. The topological polar surface area (TPSA) is 38.7 Å². The summed E-state index contributed by atoms with van der Waals surface area (Å²) in [5, 5.41) is 9.91. The third kappa shape index (κ3) is 3.57. The molecule has 1 saturated heterocycles. The second-order valence-corrected chi connectivity index (χ2v) is 9.24. The van der Waals surface area contributed by atoms with Gasteiger partial charge in [-0.3, -0.25) is 0 Å². The van der Waals surface area contributed by atoms with Gasteiger partial charge < -0.3 is 14.6 Å². The molecule has 1 N–H and O–H groups in total. The molecule has 6 atom stereocenters. The van der Waals surface area contributed by atoms with E-state index in [1.54, 1.807) is 0 Å². The van der Waals surface area contributed by atoms with Crippen LogP contribution in [0.5, 0.6) is 0 Å². The van der Waals surface area contributed by atoms with E-state index in [1.807, 2.05) is 6.92 Å². The van der Waals surface area contributed by atoms with Crippen LogP contribution in [-0.4, -0.2) is 31.2 Å². The molecule has 0 aromatic heterocycles. The summed E-state index contributed by atoms with van der Waals surface area (Å²) in [7, 11) is 0. The van der Waals surface area contributed by atoms with Crippen molar-refractivity contribution in [2.24, 2.45) is 28.6 Å². The molecule has 0 unspecified atom stereocenters. The zero-order valence-electron chi connectivity index (χ0n) is 16.7. The molecule has 0 radical (unpaired) electrons. The van der Waals surface area contributed by atoms with Gasteiger partial charge >= 0.3 is 0 Å². The van der Waals surface area contributed by atoms with Crippen LogP contribution in [0.2, 0.25) is 0 Å². The van der Waals surface area contributed by atoms with Crippen molar-refractivity contribution in [1.82, 2.24) is 0 Å². The number of hydrogen-bond donors (Lipinski definition) is 1. The summed E-state index contributed by atoms with van der Waals surface area (Å²) in [6, 6.07) is 0. The molecule has 3 heteroatoms. The van der Waals surface area contributed by atoms with E-state index >= 15 is 0 Å². The molecule has 144 valence electrons. The highest BCUT2D eigenvalue weighted by Gasteiger charge is 2.53. The Morgan fingerprint density at radius 3 is 2.84 bits per heavy atom. The second kappa shape index (κ2) is 7.70. The quantitative estimate of drug-likeness (QED) is 0.690. The third-order valence-corrected chi connectivity index (χ3v) is 8.03. The van der Waals surface area contributed by atoms with Crippen molar-refractivity contribution in [1.29, 1.82) is 0 Å². The maximum atomic E-state index is 9.91. The highest BCUT2D eigenvalue weighted by molar-refractivity contribution is 5.22. The van der Waals surface area contributed by atoms with Crippen molar-refractivity contribution >= 4 is 0 Å². The summed E-state index contributed by atoms with van der Waals surface area (Å²) in [4.78, 5) is 0. The first-order chi connectivity index (χ1) is 11.9. The molecule has 3 nitrogen and oxygen atoms in total. The van der Waals surface area contributed by atoms with Crippen molar-refractivity contribution in [2.75, 3.05) is 19.8 Å². The number of fused-ring (bicyclic) bond motifs is 1. The summed E-state index contributed by atoms with van der Waals surface area (Å²) in [6.07, 6.45) is 10.9. The summed E-state index contributed by atoms with van der Waals surface area (Å²) < 4.78 is 11.4. The highest BCUT2D eigenvalue weighted by atomic mass is 16.7. The molecule has 2 fully saturated rings. The Morgan fingerprint density at radius 1 is 1.32 bits per heavy atom. The minimum absolute atomic E-state index is 0.0236. The lowest BCUT2D eigenvalue weighted by molar-refractivity contribution is -0.106. The summed E-state index contributed by atoms with van der Waals surface area (Å²) >= 11 is 0. The lowest BCUT2D eigenvalue weighted by Gasteiger charge is -2.58. The third-order valence-electron chi connectivity index (χ3n) is 8.03. The van der Waals surface area contributed by atoms with Crippen LogP contribution >= 0.6 is 0 Å². The van der Waals surface area contributed by atoms with Gasteiger partial charge in [0.25, 0.3) is 0 Å². The molecular formula is C22H38O3. The van der Waals surface area contributed by atoms with Gasteiger partial charge in [-0.25, -0.2) is 0 Å². The summed E-state index contributed by atoms with van der Waals surface area (Å²) in [6.45, 7) is 11.3. The van der Waals surface area contributed by atoms with Crippen LogP contribution in [0.1, 0.15) is 72.6 Å². The van der Waals surface area contributed by atoms with Gasteiger partial charge in [-0.1, -0.05) is 26.8 Å². The van der Waals surface area contributed by atoms with E-state index in [9.17, 15) is 5.11 Å². The van der Waals surface area contributed by atoms with Crippen LogP contribution < -0.4 is 0 Å². The van der Waals surface area contributed by atoms with Crippen LogP contribution in [0.25, 0.3) is 0 Å². The molecule has 0 aromatic rings.